The lowest BCUT2D eigenvalue weighted by Gasteiger charge is -2.25. The second-order valence-electron chi connectivity index (χ2n) is 3.87. The van der Waals surface area contributed by atoms with Gasteiger partial charge in [-0.05, 0) is 26.8 Å². The van der Waals surface area contributed by atoms with Crippen LogP contribution >= 0.6 is 0 Å². The van der Waals surface area contributed by atoms with Crippen molar-refractivity contribution in [1.82, 2.24) is 5.32 Å². The summed E-state index contributed by atoms with van der Waals surface area (Å²) < 4.78 is 41.1. The van der Waals surface area contributed by atoms with Crippen LogP contribution in [0.1, 0.15) is 27.2 Å². The van der Waals surface area contributed by atoms with E-state index in [2.05, 4.69) is 10.1 Å². The van der Waals surface area contributed by atoms with E-state index >= 15 is 0 Å². The highest BCUT2D eigenvalue weighted by Crippen LogP contribution is 2.23. The van der Waals surface area contributed by atoms with Crippen LogP contribution in [0.2, 0.25) is 0 Å². The Bertz CT molecular complexity index is 249. The third-order valence-electron chi connectivity index (χ3n) is 2.09. The highest BCUT2D eigenvalue weighted by Gasteiger charge is 2.38. The van der Waals surface area contributed by atoms with Crippen molar-refractivity contribution in [2.75, 3.05) is 13.2 Å². The predicted octanol–water partition coefficient (Wildman–Crippen LogP) is 2.24. The highest BCUT2D eigenvalue weighted by atomic mass is 19.4. The summed E-state index contributed by atoms with van der Waals surface area (Å²) in [6.07, 6.45) is -5.45. The van der Waals surface area contributed by atoms with Gasteiger partial charge in [0.1, 0.15) is 5.54 Å². The maximum atomic E-state index is 12.2. The van der Waals surface area contributed by atoms with Crippen molar-refractivity contribution in [2.24, 2.45) is 0 Å². The van der Waals surface area contributed by atoms with Crippen molar-refractivity contribution >= 4 is 0 Å². The van der Waals surface area contributed by atoms with Gasteiger partial charge in [0.15, 0.2) is 6.10 Å². The Morgan fingerprint density at radius 1 is 1.44 bits per heavy atom. The van der Waals surface area contributed by atoms with Crippen molar-refractivity contribution in [3.05, 3.63) is 0 Å². The van der Waals surface area contributed by atoms with Gasteiger partial charge in [-0.3, -0.25) is 5.32 Å². The molecule has 0 amide bonds. The van der Waals surface area contributed by atoms with Gasteiger partial charge < -0.3 is 4.74 Å². The molecule has 6 heteroatoms. The van der Waals surface area contributed by atoms with Gasteiger partial charge in [0.05, 0.1) is 12.7 Å². The number of nitriles is 1. The summed E-state index contributed by atoms with van der Waals surface area (Å²) in [6, 6.07) is 1.92. The van der Waals surface area contributed by atoms with Crippen LogP contribution in [0.5, 0.6) is 0 Å². The molecule has 16 heavy (non-hydrogen) atoms. The van der Waals surface area contributed by atoms with Crippen molar-refractivity contribution in [3.8, 4) is 6.07 Å². The van der Waals surface area contributed by atoms with Crippen LogP contribution in [0.4, 0.5) is 13.2 Å². The average Bonchev–Trinajstić information content (AvgIpc) is 2.21. The number of alkyl halides is 3. The lowest BCUT2D eigenvalue weighted by Crippen LogP contribution is -2.47. The molecule has 2 atom stereocenters. The van der Waals surface area contributed by atoms with Crippen LogP contribution in [0.25, 0.3) is 0 Å². The molecular weight excluding hydrogens is 221 g/mol. The van der Waals surface area contributed by atoms with Crippen molar-refractivity contribution in [1.29, 1.82) is 5.26 Å². The molecule has 0 radical (unpaired) electrons. The first-order valence-corrected chi connectivity index (χ1v) is 5.10. The Morgan fingerprint density at radius 3 is 2.38 bits per heavy atom. The van der Waals surface area contributed by atoms with Crippen LogP contribution in [0.15, 0.2) is 0 Å². The molecule has 0 aliphatic carbocycles. The summed E-state index contributed by atoms with van der Waals surface area (Å²) in [5.74, 6) is 0. The van der Waals surface area contributed by atoms with E-state index in [-0.39, 0.29) is 6.61 Å². The maximum Gasteiger partial charge on any atom is 0.414 e. The Morgan fingerprint density at radius 2 is 2.00 bits per heavy atom. The Hall–Kier alpha value is -0.800. The first-order valence-electron chi connectivity index (χ1n) is 5.10. The molecule has 2 unspecified atom stereocenters. The van der Waals surface area contributed by atoms with Gasteiger partial charge in [0.2, 0.25) is 0 Å². The lowest BCUT2D eigenvalue weighted by molar-refractivity contribution is -0.216. The average molecular weight is 238 g/mol. The quantitative estimate of drug-likeness (QED) is 0.771. The standard InChI is InChI=1S/C10H17F3N2O/c1-4-5-15-9(3,6-14)7-16-8(2)10(11,12)13/h8,15H,4-5,7H2,1-3H3. The van der Waals surface area contributed by atoms with E-state index in [1.165, 1.54) is 6.92 Å². The molecule has 3 nitrogen and oxygen atoms in total. The fourth-order valence-electron chi connectivity index (χ4n) is 0.910. The summed E-state index contributed by atoms with van der Waals surface area (Å²) in [5, 5.41) is 11.7. The molecule has 0 fully saturated rings. The summed E-state index contributed by atoms with van der Waals surface area (Å²) in [7, 11) is 0. The van der Waals surface area contributed by atoms with E-state index in [4.69, 9.17) is 5.26 Å². The molecular formula is C10H17F3N2O. The molecule has 0 aromatic heterocycles. The molecule has 0 saturated carbocycles. The number of nitrogens with zero attached hydrogens (tertiary/aromatic N) is 1. The summed E-state index contributed by atoms with van der Waals surface area (Å²) in [4.78, 5) is 0. The van der Waals surface area contributed by atoms with Gasteiger partial charge >= 0.3 is 6.18 Å². The molecule has 1 N–H and O–H groups in total. The van der Waals surface area contributed by atoms with Gasteiger partial charge in [-0.1, -0.05) is 6.92 Å². The van der Waals surface area contributed by atoms with Crippen molar-refractivity contribution in [3.63, 3.8) is 0 Å². The second-order valence-corrected chi connectivity index (χ2v) is 3.87. The van der Waals surface area contributed by atoms with Gasteiger partial charge in [0, 0.05) is 0 Å². The normalized spacial score (nSPS) is 17.6. The Labute approximate surface area is 93.6 Å². The minimum Gasteiger partial charge on any atom is -0.366 e. The smallest absolute Gasteiger partial charge is 0.366 e. The van der Waals surface area contributed by atoms with E-state index in [0.29, 0.717) is 6.54 Å². The summed E-state index contributed by atoms with van der Waals surface area (Å²) in [6.45, 7) is 4.63. The van der Waals surface area contributed by atoms with Gasteiger partial charge in [-0.2, -0.15) is 18.4 Å². The SMILES string of the molecule is CCCNC(C)(C#N)COC(C)C(F)(F)F. The van der Waals surface area contributed by atoms with Gasteiger partial charge in [-0.15, -0.1) is 0 Å². The number of hydrogen-bond acceptors (Lipinski definition) is 3. The van der Waals surface area contributed by atoms with E-state index in [0.717, 1.165) is 13.3 Å². The van der Waals surface area contributed by atoms with E-state index in [1.807, 2.05) is 13.0 Å². The zero-order chi connectivity index (χ0) is 12.8. The predicted molar refractivity (Wildman–Crippen MR) is 53.8 cm³/mol. The molecule has 0 aliphatic rings. The van der Waals surface area contributed by atoms with Gasteiger partial charge in [-0.25, -0.2) is 0 Å². The molecule has 0 heterocycles. The molecule has 0 spiro atoms. The fourth-order valence-corrected chi connectivity index (χ4v) is 0.910. The summed E-state index contributed by atoms with van der Waals surface area (Å²) >= 11 is 0. The van der Waals surface area contributed by atoms with E-state index in [9.17, 15) is 13.2 Å². The molecule has 0 rings (SSSR count). The first kappa shape index (κ1) is 15.2. The Balaban J connectivity index is 4.20. The molecule has 0 aliphatic heterocycles. The van der Waals surface area contributed by atoms with Crippen LogP contribution in [-0.4, -0.2) is 31.0 Å². The number of hydrogen-bond donors (Lipinski definition) is 1. The number of halogens is 3. The number of rotatable bonds is 6. The molecule has 0 aromatic carbocycles. The van der Waals surface area contributed by atoms with Crippen LogP contribution in [0, 0.1) is 11.3 Å². The second kappa shape index (κ2) is 6.06. The minimum absolute atomic E-state index is 0.288. The minimum atomic E-state index is -4.39. The molecule has 0 bridgehead atoms. The van der Waals surface area contributed by atoms with Crippen LogP contribution < -0.4 is 5.32 Å². The number of nitrogens with one attached hydrogen (secondary N) is 1. The van der Waals surface area contributed by atoms with E-state index < -0.39 is 17.8 Å². The lowest BCUT2D eigenvalue weighted by atomic mass is 10.1. The zero-order valence-electron chi connectivity index (χ0n) is 9.69. The van der Waals surface area contributed by atoms with Gasteiger partial charge in [0.25, 0.3) is 0 Å². The topological polar surface area (TPSA) is 45.0 Å². The summed E-state index contributed by atoms with van der Waals surface area (Å²) in [5.41, 5.74) is -1.07. The maximum absolute atomic E-state index is 12.2. The largest absolute Gasteiger partial charge is 0.414 e. The van der Waals surface area contributed by atoms with E-state index in [1.54, 1.807) is 0 Å². The molecule has 0 saturated heterocycles. The molecule has 0 aromatic rings. The van der Waals surface area contributed by atoms with Crippen LogP contribution in [-0.2, 0) is 4.74 Å². The monoisotopic (exact) mass is 238 g/mol. The first-order chi connectivity index (χ1) is 7.25. The van der Waals surface area contributed by atoms with Crippen LogP contribution in [0.3, 0.4) is 0 Å². The highest BCUT2D eigenvalue weighted by molar-refractivity contribution is 5.03. The van der Waals surface area contributed by atoms with Crippen molar-refractivity contribution in [2.45, 2.75) is 45.0 Å². The van der Waals surface area contributed by atoms with Crippen molar-refractivity contribution < 1.29 is 17.9 Å². The zero-order valence-corrected chi connectivity index (χ0v) is 9.69. The fraction of sp³-hybridized carbons (Fsp3) is 0.900. The third-order valence-corrected chi connectivity index (χ3v) is 2.09. The third kappa shape index (κ3) is 5.33. The number of ether oxygens (including phenoxy) is 1. The Kier molecular flexibility index (Phi) is 5.76. The molecule has 94 valence electrons.